The van der Waals surface area contributed by atoms with Crippen LogP contribution in [0.25, 0.3) is 0 Å². The Bertz CT molecular complexity index is 259. The van der Waals surface area contributed by atoms with Crippen LogP contribution in [-0.2, 0) is 4.79 Å². The van der Waals surface area contributed by atoms with Crippen LogP contribution >= 0.6 is 0 Å². The molecule has 2 aliphatic rings. The Kier molecular flexibility index (Phi) is 2.95. The normalized spacial score (nSPS) is 34.5. The number of nitrogens with one attached hydrogen (secondary N) is 2. The van der Waals surface area contributed by atoms with Crippen LogP contribution in [0.1, 0.15) is 0 Å². The van der Waals surface area contributed by atoms with Gasteiger partial charge in [0.2, 0.25) is 5.91 Å². The number of aliphatic hydroxyl groups is 1. The minimum Gasteiger partial charge on any atom is -0.396 e. The molecule has 2 unspecified atom stereocenters. The Morgan fingerprint density at radius 3 is 3.13 bits per heavy atom. The SMILES string of the molecule is CNCC(=O)N1CC2CNCC2(CO)C1. The molecule has 2 atom stereocenters. The first-order valence-corrected chi connectivity index (χ1v) is 5.46. The number of carbonyl (C=O) groups excluding carboxylic acids is 1. The summed E-state index contributed by atoms with van der Waals surface area (Å²) in [7, 11) is 1.78. The molecular formula is C10H19N3O2. The zero-order chi connectivity index (χ0) is 10.9. The molecule has 0 aromatic rings. The molecule has 0 aliphatic carbocycles. The van der Waals surface area contributed by atoms with Gasteiger partial charge in [0.05, 0.1) is 13.2 Å². The fraction of sp³-hybridized carbons (Fsp3) is 0.900. The quantitative estimate of drug-likeness (QED) is 0.520. The number of fused-ring (bicyclic) bond motifs is 1. The van der Waals surface area contributed by atoms with Crippen molar-refractivity contribution in [2.75, 3.05) is 46.4 Å². The highest BCUT2D eigenvalue weighted by molar-refractivity contribution is 5.78. The van der Waals surface area contributed by atoms with E-state index in [1.807, 2.05) is 4.90 Å². The number of hydrogen-bond acceptors (Lipinski definition) is 4. The van der Waals surface area contributed by atoms with E-state index in [1.54, 1.807) is 7.05 Å². The largest absolute Gasteiger partial charge is 0.396 e. The number of likely N-dealkylation sites (N-methyl/N-ethyl adjacent to an activating group) is 1. The average molecular weight is 213 g/mol. The third kappa shape index (κ3) is 1.75. The molecule has 2 rings (SSSR count). The number of carbonyl (C=O) groups is 1. The summed E-state index contributed by atoms with van der Waals surface area (Å²) in [5, 5.41) is 15.6. The van der Waals surface area contributed by atoms with E-state index in [0.717, 1.165) is 19.6 Å². The topological polar surface area (TPSA) is 64.6 Å². The lowest BCUT2D eigenvalue weighted by molar-refractivity contribution is -0.129. The highest BCUT2D eigenvalue weighted by atomic mass is 16.3. The maximum absolute atomic E-state index is 11.7. The van der Waals surface area contributed by atoms with Crippen molar-refractivity contribution in [1.29, 1.82) is 0 Å². The standard InChI is InChI=1S/C10H19N3O2/c1-11-3-9(15)13-4-8-2-12-5-10(8,6-13)7-14/h8,11-12,14H,2-7H2,1H3. The van der Waals surface area contributed by atoms with Crippen molar-refractivity contribution in [2.24, 2.45) is 11.3 Å². The molecule has 0 saturated carbocycles. The van der Waals surface area contributed by atoms with Crippen LogP contribution < -0.4 is 10.6 Å². The van der Waals surface area contributed by atoms with E-state index in [1.165, 1.54) is 0 Å². The summed E-state index contributed by atoms with van der Waals surface area (Å²) < 4.78 is 0. The van der Waals surface area contributed by atoms with Crippen molar-refractivity contribution in [1.82, 2.24) is 15.5 Å². The molecule has 0 radical (unpaired) electrons. The second kappa shape index (κ2) is 4.08. The molecule has 3 N–H and O–H groups in total. The van der Waals surface area contributed by atoms with Crippen LogP contribution in [-0.4, -0.2) is 62.3 Å². The number of aliphatic hydroxyl groups excluding tert-OH is 1. The van der Waals surface area contributed by atoms with Crippen LogP contribution in [0.4, 0.5) is 0 Å². The lowest BCUT2D eigenvalue weighted by Gasteiger charge is -2.25. The predicted octanol–water partition coefficient (Wildman–Crippen LogP) is -1.75. The number of hydrogen-bond donors (Lipinski definition) is 3. The molecule has 2 heterocycles. The number of amides is 1. The zero-order valence-corrected chi connectivity index (χ0v) is 9.12. The number of likely N-dealkylation sites (tertiary alicyclic amines) is 1. The molecule has 5 heteroatoms. The van der Waals surface area contributed by atoms with Crippen molar-refractivity contribution in [3.05, 3.63) is 0 Å². The molecule has 15 heavy (non-hydrogen) atoms. The van der Waals surface area contributed by atoms with Crippen LogP contribution in [0.15, 0.2) is 0 Å². The van der Waals surface area contributed by atoms with E-state index in [-0.39, 0.29) is 17.9 Å². The van der Waals surface area contributed by atoms with Gasteiger partial charge in [-0.15, -0.1) is 0 Å². The van der Waals surface area contributed by atoms with E-state index >= 15 is 0 Å². The van der Waals surface area contributed by atoms with E-state index in [0.29, 0.717) is 19.0 Å². The van der Waals surface area contributed by atoms with E-state index in [2.05, 4.69) is 10.6 Å². The molecule has 2 aliphatic heterocycles. The van der Waals surface area contributed by atoms with Gasteiger partial charge in [-0.3, -0.25) is 4.79 Å². The molecular weight excluding hydrogens is 194 g/mol. The van der Waals surface area contributed by atoms with Crippen molar-refractivity contribution in [3.8, 4) is 0 Å². The smallest absolute Gasteiger partial charge is 0.236 e. The summed E-state index contributed by atoms with van der Waals surface area (Å²) in [5.41, 5.74) is -0.0800. The van der Waals surface area contributed by atoms with E-state index in [9.17, 15) is 9.90 Å². The Morgan fingerprint density at radius 1 is 1.73 bits per heavy atom. The van der Waals surface area contributed by atoms with Gasteiger partial charge in [0.25, 0.3) is 0 Å². The molecule has 5 nitrogen and oxygen atoms in total. The van der Waals surface area contributed by atoms with Gasteiger partial charge in [-0.2, -0.15) is 0 Å². The minimum atomic E-state index is -0.0800. The Hall–Kier alpha value is -0.650. The second-order valence-corrected chi connectivity index (χ2v) is 4.65. The van der Waals surface area contributed by atoms with Gasteiger partial charge in [0, 0.05) is 31.6 Å². The highest BCUT2D eigenvalue weighted by Crippen LogP contribution is 2.38. The fourth-order valence-corrected chi connectivity index (χ4v) is 2.70. The maximum atomic E-state index is 11.7. The van der Waals surface area contributed by atoms with E-state index < -0.39 is 0 Å². The number of nitrogens with zero attached hydrogens (tertiary/aromatic N) is 1. The molecule has 86 valence electrons. The Balaban J connectivity index is 2.01. The number of rotatable bonds is 3. The average Bonchev–Trinajstić information content (AvgIpc) is 2.73. The zero-order valence-electron chi connectivity index (χ0n) is 9.12. The molecule has 0 bridgehead atoms. The van der Waals surface area contributed by atoms with Gasteiger partial charge in [0.1, 0.15) is 0 Å². The highest BCUT2D eigenvalue weighted by Gasteiger charge is 2.50. The van der Waals surface area contributed by atoms with Gasteiger partial charge in [0.15, 0.2) is 0 Å². The fourth-order valence-electron chi connectivity index (χ4n) is 2.70. The Labute approximate surface area is 89.8 Å². The van der Waals surface area contributed by atoms with Crippen molar-refractivity contribution < 1.29 is 9.90 Å². The molecule has 1 amide bonds. The van der Waals surface area contributed by atoms with Crippen molar-refractivity contribution in [3.63, 3.8) is 0 Å². The van der Waals surface area contributed by atoms with Gasteiger partial charge >= 0.3 is 0 Å². The monoisotopic (exact) mass is 213 g/mol. The van der Waals surface area contributed by atoms with Gasteiger partial charge in [-0.25, -0.2) is 0 Å². The first kappa shape index (κ1) is 10.9. The second-order valence-electron chi connectivity index (χ2n) is 4.65. The van der Waals surface area contributed by atoms with Gasteiger partial charge < -0.3 is 20.6 Å². The Morgan fingerprint density at radius 2 is 2.53 bits per heavy atom. The predicted molar refractivity (Wildman–Crippen MR) is 56.4 cm³/mol. The summed E-state index contributed by atoms with van der Waals surface area (Å²) in [6, 6.07) is 0. The maximum Gasteiger partial charge on any atom is 0.236 e. The first-order chi connectivity index (χ1) is 7.22. The lowest BCUT2D eigenvalue weighted by atomic mass is 9.82. The summed E-state index contributed by atoms with van der Waals surface area (Å²) >= 11 is 0. The summed E-state index contributed by atoms with van der Waals surface area (Å²) in [5.74, 6) is 0.558. The summed E-state index contributed by atoms with van der Waals surface area (Å²) in [4.78, 5) is 13.6. The molecule has 0 aromatic heterocycles. The molecule has 2 saturated heterocycles. The van der Waals surface area contributed by atoms with Gasteiger partial charge in [-0.05, 0) is 13.0 Å². The van der Waals surface area contributed by atoms with Crippen LogP contribution in [0.2, 0.25) is 0 Å². The lowest BCUT2D eigenvalue weighted by Crippen LogP contribution is -2.40. The van der Waals surface area contributed by atoms with Crippen LogP contribution in [0.3, 0.4) is 0 Å². The third-order valence-electron chi connectivity index (χ3n) is 3.68. The van der Waals surface area contributed by atoms with Crippen molar-refractivity contribution in [2.45, 2.75) is 0 Å². The molecule has 2 fully saturated rings. The van der Waals surface area contributed by atoms with Crippen LogP contribution in [0.5, 0.6) is 0 Å². The summed E-state index contributed by atoms with van der Waals surface area (Å²) in [6.45, 7) is 3.80. The first-order valence-electron chi connectivity index (χ1n) is 5.46. The van der Waals surface area contributed by atoms with Crippen LogP contribution in [0, 0.1) is 11.3 Å². The van der Waals surface area contributed by atoms with Crippen molar-refractivity contribution >= 4 is 5.91 Å². The molecule has 0 spiro atoms. The minimum absolute atomic E-state index is 0.0800. The summed E-state index contributed by atoms with van der Waals surface area (Å²) in [6.07, 6.45) is 0. The third-order valence-corrected chi connectivity index (χ3v) is 3.68. The van der Waals surface area contributed by atoms with E-state index in [4.69, 9.17) is 0 Å². The van der Waals surface area contributed by atoms with Gasteiger partial charge in [-0.1, -0.05) is 0 Å². The molecule has 0 aromatic carbocycles.